The van der Waals surface area contributed by atoms with Gasteiger partial charge in [-0.2, -0.15) is 13.2 Å². The number of guanidine groups is 1. The van der Waals surface area contributed by atoms with E-state index in [1.54, 1.807) is 0 Å². The van der Waals surface area contributed by atoms with E-state index in [2.05, 4.69) is 10.3 Å². The van der Waals surface area contributed by atoms with Crippen molar-refractivity contribution < 1.29 is 13.2 Å². The fraction of sp³-hybridized carbons (Fsp3) is 0.222. The lowest BCUT2D eigenvalue weighted by Gasteiger charge is -2.10. The van der Waals surface area contributed by atoms with Crippen LogP contribution in [0.1, 0.15) is 5.56 Å². The molecule has 0 aromatic heterocycles. The Bertz CT molecular complexity index is 415. The van der Waals surface area contributed by atoms with Crippen molar-refractivity contribution >= 4 is 23.2 Å². The number of nitrogens with two attached hydrogens (primary N) is 1. The van der Waals surface area contributed by atoms with Crippen molar-refractivity contribution in [2.75, 3.05) is 12.4 Å². The van der Waals surface area contributed by atoms with Crippen LogP contribution in [-0.2, 0) is 6.18 Å². The zero-order valence-corrected chi connectivity index (χ0v) is 9.02. The summed E-state index contributed by atoms with van der Waals surface area (Å²) in [5.74, 6) is 0.00962. The van der Waals surface area contributed by atoms with Crippen molar-refractivity contribution in [1.82, 2.24) is 0 Å². The minimum Gasteiger partial charge on any atom is -0.370 e. The molecule has 0 aliphatic heterocycles. The van der Waals surface area contributed by atoms with Gasteiger partial charge in [-0.3, -0.25) is 4.99 Å². The molecule has 1 aromatic carbocycles. The van der Waals surface area contributed by atoms with E-state index in [9.17, 15) is 13.2 Å². The third-order valence-electron chi connectivity index (χ3n) is 1.74. The minimum atomic E-state index is -4.44. The van der Waals surface area contributed by atoms with Crippen molar-refractivity contribution in [3.05, 3.63) is 28.8 Å². The lowest BCUT2D eigenvalue weighted by atomic mass is 10.2. The highest BCUT2D eigenvalue weighted by atomic mass is 35.5. The SMILES string of the molecule is CN=C(N)Nc1cc(Cl)cc(C(F)(F)F)c1. The largest absolute Gasteiger partial charge is 0.416 e. The quantitative estimate of drug-likeness (QED) is 0.596. The summed E-state index contributed by atoms with van der Waals surface area (Å²) in [6, 6.07) is 3.07. The third-order valence-corrected chi connectivity index (χ3v) is 1.96. The molecular formula is C9H9ClF3N3. The van der Waals surface area contributed by atoms with Gasteiger partial charge in [-0.25, -0.2) is 0 Å². The van der Waals surface area contributed by atoms with E-state index in [0.29, 0.717) is 0 Å². The second kappa shape index (κ2) is 4.61. The predicted octanol–water partition coefficient (Wildman–Crippen LogP) is 2.72. The van der Waals surface area contributed by atoms with E-state index in [-0.39, 0.29) is 16.7 Å². The highest BCUT2D eigenvalue weighted by Gasteiger charge is 2.31. The van der Waals surface area contributed by atoms with Gasteiger partial charge < -0.3 is 11.1 Å². The summed E-state index contributed by atoms with van der Waals surface area (Å²) in [6.07, 6.45) is -4.44. The number of benzene rings is 1. The lowest BCUT2D eigenvalue weighted by molar-refractivity contribution is -0.137. The average molecular weight is 252 g/mol. The maximum Gasteiger partial charge on any atom is 0.416 e. The number of nitrogens with zero attached hydrogens (tertiary/aromatic N) is 1. The van der Waals surface area contributed by atoms with E-state index in [0.717, 1.165) is 12.1 Å². The predicted molar refractivity (Wildman–Crippen MR) is 57.6 cm³/mol. The van der Waals surface area contributed by atoms with Gasteiger partial charge in [-0.05, 0) is 18.2 Å². The second-order valence-corrected chi connectivity index (χ2v) is 3.40. The Morgan fingerprint density at radius 2 is 2.00 bits per heavy atom. The Morgan fingerprint density at radius 3 is 2.50 bits per heavy atom. The third kappa shape index (κ3) is 3.30. The summed E-state index contributed by atoms with van der Waals surface area (Å²) in [6.45, 7) is 0. The van der Waals surface area contributed by atoms with Crippen LogP contribution in [0.25, 0.3) is 0 Å². The smallest absolute Gasteiger partial charge is 0.370 e. The van der Waals surface area contributed by atoms with Gasteiger partial charge in [0.1, 0.15) is 0 Å². The Balaban J connectivity index is 3.09. The number of rotatable bonds is 1. The number of aliphatic imine (C=N–C) groups is 1. The first kappa shape index (κ1) is 12.6. The molecule has 0 fully saturated rings. The topological polar surface area (TPSA) is 50.4 Å². The number of hydrogen-bond acceptors (Lipinski definition) is 1. The summed E-state index contributed by atoms with van der Waals surface area (Å²) in [4.78, 5) is 3.56. The maximum absolute atomic E-state index is 12.4. The van der Waals surface area contributed by atoms with Crippen LogP contribution in [0.3, 0.4) is 0 Å². The van der Waals surface area contributed by atoms with Crippen LogP contribution < -0.4 is 11.1 Å². The second-order valence-electron chi connectivity index (χ2n) is 2.96. The van der Waals surface area contributed by atoms with Crippen LogP contribution in [-0.4, -0.2) is 13.0 Å². The fourth-order valence-electron chi connectivity index (χ4n) is 1.03. The molecule has 0 heterocycles. The van der Waals surface area contributed by atoms with Crippen molar-refractivity contribution in [2.24, 2.45) is 10.7 Å². The number of halogens is 4. The number of alkyl halides is 3. The molecule has 0 aliphatic carbocycles. The first-order valence-electron chi connectivity index (χ1n) is 4.20. The van der Waals surface area contributed by atoms with E-state index in [1.165, 1.54) is 13.1 Å². The molecule has 0 bridgehead atoms. The van der Waals surface area contributed by atoms with Crippen LogP contribution in [0, 0.1) is 0 Å². The molecule has 0 aliphatic rings. The lowest BCUT2D eigenvalue weighted by Crippen LogP contribution is -2.22. The van der Waals surface area contributed by atoms with Crippen molar-refractivity contribution in [3.8, 4) is 0 Å². The van der Waals surface area contributed by atoms with E-state index >= 15 is 0 Å². The molecule has 1 rings (SSSR count). The maximum atomic E-state index is 12.4. The summed E-state index contributed by atoms with van der Waals surface area (Å²) in [5, 5.41) is 2.46. The molecule has 3 N–H and O–H groups in total. The van der Waals surface area contributed by atoms with Gasteiger partial charge in [-0.15, -0.1) is 0 Å². The Labute approximate surface area is 95.1 Å². The van der Waals surface area contributed by atoms with Gasteiger partial charge in [0.15, 0.2) is 5.96 Å². The molecular weight excluding hydrogens is 243 g/mol. The summed E-state index contributed by atoms with van der Waals surface area (Å²) >= 11 is 5.56. The molecule has 16 heavy (non-hydrogen) atoms. The minimum absolute atomic E-state index is 0.00962. The van der Waals surface area contributed by atoms with Gasteiger partial charge in [-0.1, -0.05) is 11.6 Å². The van der Waals surface area contributed by atoms with Crippen LogP contribution in [0.5, 0.6) is 0 Å². The monoisotopic (exact) mass is 251 g/mol. The highest BCUT2D eigenvalue weighted by molar-refractivity contribution is 6.31. The Kier molecular flexibility index (Phi) is 3.64. The van der Waals surface area contributed by atoms with Crippen LogP contribution in [0.15, 0.2) is 23.2 Å². The molecule has 0 spiro atoms. The molecule has 0 amide bonds. The average Bonchev–Trinajstić information content (AvgIpc) is 2.15. The summed E-state index contributed by atoms with van der Waals surface area (Å²) < 4.78 is 37.3. The molecule has 0 saturated heterocycles. The van der Waals surface area contributed by atoms with E-state index < -0.39 is 11.7 Å². The van der Waals surface area contributed by atoms with Crippen LogP contribution >= 0.6 is 11.6 Å². The van der Waals surface area contributed by atoms with Gasteiger partial charge in [0.05, 0.1) is 5.56 Å². The van der Waals surface area contributed by atoms with Gasteiger partial charge in [0.25, 0.3) is 0 Å². The molecule has 0 saturated carbocycles. The van der Waals surface area contributed by atoms with Crippen molar-refractivity contribution in [3.63, 3.8) is 0 Å². The molecule has 88 valence electrons. The normalized spacial score (nSPS) is 12.7. The summed E-state index contributed by atoms with van der Waals surface area (Å²) in [5.41, 5.74) is 4.63. The van der Waals surface area contributed by atoms with Crippen LogP contribution in [0.2, 0.25) is 5.02 Å². The first-order valence-corrected chi connectivity index (χ1v) is 4.58. The zero-order chi connectivity index (χ0) is 12.3. The standard InChI is InChI=1S/C9H9ClF3N3/c1-15-8(14)16-7-3-5(9(11,12)13)2-6(10)4-7/h2-4H,1H3,(H3,14,15,16). The fourth-order valence-corrected chi connectivity index (χ4v) is 1.26. The van der Waals surface area contributed by atoms with Gasteiger partial charge >= 0.3 is 6.18 Å². The molecule has 1 aromatic rings. The van der Waals surface area contributed by atoms with Crippen molar-refractivity contribution in [1.29, 1.82) is 0 Å². The molecule has 0 atom stereocenters. The number of anilines is 1. The molecule has 0 radical (unpaired) electrons. The Hall–Kier alpha value is -1.43. The Morgan fingerprint density at radius 1 is 1.38 bits per heavy atom. The summed E-state index contributed by atoms with van der Waals surface area (Å²) in [7, 11) is 1.41. The zero-order valence-electron chi connectivity index (χ0n) is 8.27. The van der Waals surface area contributed by atoms with E-state index in [1.807, 2.05) is 0 Å². The van der Waals surface area contributed by atoms with Gasteiger partial charge in [0.2, 0.25) is 0 Å². The molecule has 7 heteroatoms. The van der Waals surface area contributed by atoms with E-state index in [4.69, 9.17) is 17.3 Å². The number of hydrogen-bond donors (Lipinski definition) is 2. The highest BCUT2D eigenvalue weighted by Crippen LogP contribution is 2.33. The van der Waals surface area contributed by atoms with Gasteiger partial charge in [0, 0.05) is 17.8 Å². The van der Waals surface area contributed by atoms with Crippen LogP contribution in [0.4, 0.5) is 18.9 Å². The first-order chi connectivity index (χ1) is 7.32. The number of nitrogens with one attached hydrogen (secondary N) is 1. The molecule has 0 unspecified atom stereocenters. The van der Waals surface area contributed by atoms with Crippen molar-refractivity contribution in [2.45, 2.75) is 6.18 Å². The molecule has 3 nitrogen and oxygen atoms in total.